The molecule has 1 aliphatic heterocycles. The van der Waals surface area contributed by atoms with Gasteiger partial charge >= 0.3 is 0 Å². The van der Waals surface area contributed by atoms with Crippen molar-refractivity contribution in [1.29, 1.82) is 0 Å². The Morgan fingerprint density at radius 3 is 2.91 bits per heavy atom. The van der Waals surface area contributed by atoms with Gasteiger partial charge in [0.15, 0.2) is 0 Å². The monoisotopic (exact) mass is 342 g/mol. The number of nitrogens with zero attached hydrogens (tertiary/aromatic N) is 4. The van der Waals surface area contributed by atoms with Gasteiger partial charge in [-0.25, -0.2) is 9.37 Å². The summed E-state index contributed by atoms with van der Waals surface area (Å²) < 4.78 is 15.9. The van der Waals surface area contributed by atoms with E-state index in [1.54, 1.807) is 22.9 Å². The summed E-state index contributed by atoms with van der Waals surface area (Å²) in [5.74, 6) is 1.06. The maximum absolute atomic E-state index is 13.9. The molecule has 0 spiro atoms. The van der Waals surface area contributed by atoms with Crippen molar-refractivity contribution < 1.29 is 9.18 Å². The molecule has 5 nitrogen and oxygen atoms in total. The summed E-state index contributed by atoms with van der Waals surface area (Å²) in [6.07, 6.45) is 6.09. The zero-order valence-electron chi connectivity index (χ0n) is 14.4. The maximum Gasteiger partial charge on any atom is 0.235 e. The lowest BCUT2D eigenvalue weighted by Crippen LogP contribution is -2.43. The molecule has 0 bridgehead atoms. The molecule has 2 rings (SSSR count). The van der Waals surface area contributed by atoms with E-state index in [4.69, 9.17) is 0 Å². The number of carbonyl (C=O) groups is 1. The number of amides is 1. The Hall–Kier alpha value is -1.08. The molecule has 1 aromatic rings. The smallest absolute Gasteiger partial charge is 0.235 e. The van der Waals surface area contributed by atoms with Gasteiger partial charge in [-0.3, -0.25) is 9.69 Å². The van der Waals surface area contributed by atoms with E-state index in [1.807, 2.05) is 38.0 Å². The number of alkyl halides is 1. The summed E-state index contributed by atoms with van der Waals surface area (Å²) in [5, 5.41) is -0.00873. The molecule has 0 radical (unpaired) electrons. The lowest BCUT2D eigenvalue weighted by atomic mass is 10.2. The number of halogens is 1. The number of imidazole rings is 1. The fourth-order valence-corrected chi connectivity index (χ4v) is 3.85. The van der Waals surface area contributed by atoms with Gasteiger partial charge in [0.05, 0.1) is 11.8 Å². The van der Waals surface area contributed by atoms with Gasteiger partial charge in [-0.15, -0.1) is 0 Å². The van der Waals surface area contributed by atoms with Crippen LogP contribution in [0.1, 0.15) is 25.6 Å². The molecule has 2 heterocycles. The van der Waals surface area contributed by atoms with Crippen LogP contribution in [-0.4, -0.2) is 69.1 Å². The summed E-state index contributed by atoms with van der Waals surface area (Å²) in [7, 11) is 3.77. The third-order valence-corrected chi connectivity index (χ3v) is 5.64. The highest BCUT2D eigenvalue weighted by molar-refractivity contribution is 7.99. The topological polar surface area (TPSA) is 41.4 Å². The number of thioether (sulfide) groups is 1. The Balaban J connectivity index is 1.99. The molecule has 1 amide bonds. The zero-order valence-corrected chi connectivity index (χ0v) is 15.2. The molecule has 7 heteroatoms. The normalized spacial score (nSPS) is 23.2. The Morgan fingerprint density at radius 1 is 1.61 bits per heavy atom. The predicted molar refractivity (Wildman–Crippen MR) is 92.2 cm³/mol. The SMILES string of the molecule is CCC(SC)C(=O)N(C)C[C@@H]1C[C@H](F)CN1Cc1nccn1C. The van der Waals surface area contributed by atoms with E-state index in [2.05, 4.69) is 9.88 Å². The average Bonchev–Trinajstić information content (AvgIpc) is 3.07. The molecule has 23 heavy (non-hydrogen) atoms. The first kappa shape index (κ1) is 18.3. The summed E-state index contributed by atoms with van der Waals surface area (Å²) in [6, 6.07) is 0.0509. The van der Waals surface area contributed by atoms with Crippen molar-refractivity contribution >= 4 is 17.7 Å². The number of rotatable bonds is 7. The molecule has 3 atom stereocenters. The minimum Gasteiger partial charge on any atom is -0.343 e. The van der Waals surface area contributed by atoms with Crippen molar-refractivity contribution in [3.63, 3.8) is 0 Å². The Bertz CT molecular complexity index is 520. The third-order valence-electron chi connectivity index (χ3n) is 4.53. The highest BCUT2D eigenvalue weighted by Gasteiger charge is 2.34. The fourth-order valence-electron chi connectivity index (χ4n) is 3.13. The number of hydrogen-bond acceptors (Lipinski definition) is 4. The fraction of sp³-hybridized carbons (Fsp3) is 0.750. The number of likely N-dealkylation sites (tertiary alicyclic amines) is 1. The number of hydrogen-bond donors (Lipinski definition) is 0. The summed E-state index contributed by atoms with van der Waals surface area (Å²) >= 11 is 1.58. The first-order valence-electron chi connectivity index (χ1n) is 8.08. The highest BCUT2D eigenvalue weighted by atomic mass is 32.2. The molecule has 0 N–H and O–H groups in total. The van der Waals surface area contributed by atoms with Gasteiger partial charge in [0.1, 0.15) is 12.0 Å². The van der Waals surface area contributed by atoms with Gasteiger partial charge in [0.25, 0.3) is 0 Å². The van der Waals surface area contributed by atoms with Crippen LogP contribution in [0, 0.1) is 0 Å². The summed E-state index contributed by atoms with van der Waals surface area (Å²) in [6.45, 7) is 3.63. The van der Waals surface area contributed by atoms with Crippen molar-refractivity contribution in [3.05, 3.63) is 18.2 Å². The quantitative estimate of drug-likeness (QED) is 0.759. The molecule has 130 valence electrons. The van der Waals surface area contributed by atoms with Crippen LogP contribution in [0.4, 0.5) is 4.39 Å². The summed E-state index contributed by atoms with van der Waals surface area (Å²) in [5.41, 5.74) is 0. The Kier molecular flexibility index (Phi) is 6.47. The molecule has 0 aliphatic carbocycles. The van der Waals surface area contributed by atoms with Crippen LogP contribution < -0.4 is 0 Å². The minimum absolute atomic E-state index is 0.00873. The van der Waals surface area contributed by atoms with E-state index in [0.717, 1.165) is 12.2 Å². The number of carbonyl (C=O) groups excluding carboxylic acids is 1. The van der Waals surface area contributed by atoms with E-state index < -0.39 is 6.17 Å². The maximum atomic E-state index is 13.9. The van der Waals surface area contributed by atoms with E-state index in [0.29, 0.717) is 26.1 Å². The average molecular weight is 342 g/mol. The van der Waals surface area contributed by atoms with Gasteiger partial charge in [0, 0.05) is 45.6 Å². The standard InChI is InChI=1S/C16H27FN4OS/c1-5-14(23-4)16(22)20(3)10-13-8-12(17)9-21(13)11-15-18-6-7-19(15)2/h6-7,12-14H,5,8-11H2,1-4H3/t12-,13-,14?/m0/s1. The molecular weight excluding hydrogens is 315 g/mol. The van der Waals surface area contributed by atoms with Crippen molar-refractivity contribution in [3.8, 4) is 0 Å². The van der Waals surface area contributed by atoms with Crippen molar-refractivity contribution in [2.24, 2.45) is 7.05 Å². The second kappa shape index (κ2) is 8.15. The lowest BCUT2D eigenvalue weighted by molar-refractivity contribution is -0.130. The van der Waals surface area contributed by atoms with Crippen molar-refractivity contribution in [1.82, 2.24) is 19.4 Å². The van der Waals surface area contributed by atoms with E-state index in [9.17, 15) is 9.18 Å². The zero-order chi connectivity index (χ0) is 17.0. The van der Waals surface area contributed by atoms with E-state index in [-0.39, 0.29) is 17.2 Å². The Labute approximate surface area is 142 Å². The van der Waals surface area contributed by atoms with Crippen LogP contribution in [0.15, 0.2) is 12.4 Å². The first-order chi connectivity index (χ1) is 11.0. The first-order valence-corrected chi connectivity index (χ1v) is 9.37. The van der Waals surface area contributed by atoms with Gasteiger partial charge in [-0.2, -0.15) is 11.8 Å². The second-order valence-corrected chi connectivity index (χ2v) is 7.26. The molecular formula is C16H27FN4OS. The second-order valence-electron chi connectivity index (χ2n) is 6.22. The predicted octanol–water partition coefficient (Wildman–Crippen LogP) is 1.93. The van der Waals surface area contributed by atoms with E-state index in [1.165, 1.54) is 0 Å². The van der Waals surface area contributed by atoms with Crippen molar-refractivity contribution in [2.45, 2.75) is 43.8 Å². The number of aryl methyl sites for hydroxylation is 1. The van der Waals surface area contributed by atoms with Crippen LogP contribution >= 0.6 is 11.8 Å². The van der Waals surface area contributed by atoms with Crippen molar-refractivity contribution in [2.75, 3.05) is 26.4 Å². The molecule has 1 aliphatic rings. The van der Waals surface area contributed by atoms with Crippen LogP contribution in [0.2, 0.25) is 0 Å². The summed E-state index contributed by atoms with van der Waals surface area (Å²) in [4.78, 5) is 20.6. The van der Waals surface area contributed by atoms with Crippen LogP contribution in [0.5, 0.6) is 0 Å². The highest BCUT2D eigenvalue weighted by Crippen LogP contribution is 2.24. The van der Waals surface area contributed by atoms with Crippen LogP contribution in [-0.2, 0) is 18.4 Å². The van der Waals surface area contributed by atoms with Gasteiger partial charge < -0.3 is 9.47 Å². The van der Waals surface area contributed by atoms with Gasteiger partial charge in [-0.1, -0.05) is 6.92 Å². The third kappa shape index (κ3) is 4.47. The number of likely N-dealkylation sites (N-methyl/N-ethyl adjacent to an activating group) is 1. The van der Waals surface area contributed by atoms with E-state index >= 15 is 0 Å². The van der Waals surface area contributed by atoms with Crippen LogP contribution in [0.3, 0.4) is 0 Å². The van der Waals surface area contributed by atoms with Gasteiger partial charge in [0.2, 0.25) is 5.91 Å². The minimum atomic E-state index is -0.828. The molecule has 1 aromatic heterocycles. The number of aromatic nitrogens is 2. The lowest BCUT2D eigenvalue weighted by Gasteiger charge is -2.29. The largest absolute Gasteiger partial charge is 0.343 e. The molecule has 1 fully saturated rings. The molecule has 0 saturated carbocycles. The van der Waals surface area contributed by atoms with Crippen LogP contribution in [0.25, 0.3) is 0 Å². The van der Waals surface area contributed by atoms with Gasteiger partial charge in [-0.05, 0) is 19.1 Å². The Morgan fingerprint density at radius 2 is 2.35 bits per heavy atom. The molecule has 1 saturated heterocycles. The molecule has 0 aromatic carbocycles. The molecule has 1 unspecified atom stereocenters.